The maximum Gasteiger partial charge on any atom is 0.446 e. The van der Waals surface area contributed by atoms with Crippen molar-refractivity contribution in [2.75, 3.05) is 18.0 Å². The molecule has 25 heavy (non-hydrogen) atoms. The van der Waals surface area contributed by atoms with E-state index in [4.69, 9.17) is 34.8 Å². The summed E-state index contributed by atoms with van der Waals surface area (Å²) < 4.78 is 40.5. The number of rotatable bonds is 5. The SMILES string of the molecule is CCN(CC)c1c(SC(F)(F)F)c(C)nn1-c1c(Cl)cc(Cl)cc1Cl. The summed E-state index contributed by atoms with van der Waals surface area (Å²) in [5, 5.41) is 5.02. The first kappa shape index (κ1) is 20.6. The Labute approximate surface area is 163 Å². The van der Waals surface area contributed by atoms with Gasteiger partial charge in [0, 0.05) is 18.1 Å². The highest BCUT2D eigenvalue weighted by Crippen LogP contribution is 2.45. The number of nitrogens with zero attached hydrogens (tertiary/aromatic N) is 3. The average molecular weight is 433 g/mol. The second-order valence-electron chi connectivity index (χ2n) is 5.09. The van der Waals surface area contributed by atoms with Crippen LogP contribution in [0.3, 0.4) is 0 Å². The number of hydrogen-bond acceptors (Lipinski definition) is 3. The molecule has 138 valence electrons. The lowest BCUT2D eigenvalue weighted by atomic mass is 10.3. The number of thioether (sulfide) groups is 1. The fraction of sp³-hybridized carbons (Fsp3) is 0.400. The van der Waals surface area contributed by atoms with Crippen LogP contribution in [0.1, 0.15) is 19.5 Å². The Kier molecular flexibility index (Phi) is 6.46. The zero-order valence-electron chi connectivity index (χ0n) is 13.6. The molecule has 0 saturated heterocycles. The maximum absolute atomic E-state index is 13.0. The van der Waals surface area contributed by atoms with Crippen molar-refractivity contribution in [1.82, 2.24) is 9.78 Å². The van der Waals surface area contributed by atoms with Gasteiger partial charge in [-0.3, -0.25) is 0 Å². The molecule has 0 aliphatic heterocycles. The Hall–Kier alpha value is -0.760. The van der Waals surface area contributed by atoms with Crippen molar-refractivity contribution in [3.8, 4) is 5.69 Å². The number of alkyl halides is 3. The van der Waals surface area contributed by atoms with Gasteiger partial charge in [-0.25, -0.2) is 4.68 Å². The summed E-state index contributed by atoms with van der Waals surface area (Å²) in [5.41, 5.74) is -3.90. The summed E-state index contributed by atoms with van der Waals surface area (Å²) in [7, 11) is 0. The summed E-state index contributed by atoms with van der Waals surface area (Å²) >= 11 is 18.2. The molecule has 0 unspecified atom stereocenters. The van der Waals surface area contributed by atoms with Gasteiger partial charge in [0.1, 0.15) is 11.5 Å². The first-order valence-electron chi connectivity index (χ1n) is 7.34. The monoisotopic (exact) mass is 431 g/mol. The third kappa shape index (κ3) is 4.51. The molecule has 1 aromatic carbocycles. The number of halogens is 6. The third-order valence-corrected chi connectivity index (χ3v) is 5.16. The van der Waals surface area contributed by atoms with Crippen molar-refractivity contribution >= 4 is 52.4 Å². The lowest BCUT2D eigenvalue weighted by Crippen LogP contribution is -2.25. The lowest BCUT2D eigenvalue weighted by Gasteiger charge is -2.24. The van der Waals surface area contributed by atoms with Crippen LogP contribution >= 0.6 is 46.6 Å². The van der Waals surface area contributed by atoms with Crippen LogP contribution < -0.4 is 4.90 Å². The Morgan fingerprint density at radius 2 is 1.64 bits per heavy atom. The highest BCUT2D eigenvalue weighted by Gasteiger charge is 2.35. The van der Waals surface area contributed by atoms with E-state index in [0.717, 1.165) is 0 Å². The van der Waals surface area contributed by atoms with Gasteiger partial charge in [0.2, 0.25) is 0 Å². The lowest BCUT2D eigenvalue weighted by molar-refractivity contribution is -0.0328. The number of anilines is 1. The number of aromatic nitrogens is 2. The zero-order valence-corrected chi connectivity index (χ0v) is 16.7. The van der Waals surface area contributed by atoms with Gasteiger partial charge in [-0.15, -0.1) is 0 Å². The first-order chi connectivity index (χ1) is 11.6. The fourth-order valence-electron chi connectivity index (χ4n) is 2.43. The molecule has 0 aliphatic rings. The molecule has 0 radical (unpaired) electrons. The molecule has 0 spiro atoms. The Morgan fingerprint density at radius 1 is 1.12 bits per heavy atom. The van der Waals surface area contributed by atoms with Crippen LogP contribution in [0.15, 0.2) is 17.0 Å². The molecule has 0 saturated carbocycles. The predicted molar refractivity (Wildman–Crippen MR) is 98.8 cm³/mol. The molecule has 0 N–H and O–H groups in total. The van der Waals surface area contributed by atoms with Gasteiger partial charge in [0.25, 0.3) is 0 Å². The van der Waals surface area contributed by atoms with Crippen LogP contribution in [0.25, 0.3) is 5.69 Å². The molecule has 0 atom stereocenters. The number of aryl methyl sites for hydroxylation is 1. The minimum Gasteiger partial charge on any atom is -0.356 e. The number of hydrogen-bond donors (Lipinski definition) is 0. The quantitative estimate of drug-likeness (QED) is 0.497. The molecule has 1 heterocycles. The Bertz CT molecular complexity index is 750. The van der Waals surface area contributed by atoms with E-state index in [9.17, 15) is 13.2 Å². The summed E-state index contributed by atoms with van der Waals surface area (Å²) in [4.78, 5) is 1.80. The van der Waals surface area contributed by atoms with Gasteiger partial charge in [-0.2, -0.15) is 18.3 Å². The van der Waals surface area contributed by atoms with Crippen molar-refractivity contribution in [3.05, 3.63) is 32.9 Å². The van der Waals surface area contributed by atoms with Crippen molar-refractivity contribution in [3.63, 3.8) is 0 Å². The van der Waals surface area contributed by atoms with Crippen molar-refractivity contribution < 1.29 is 13.2 Å². The molecule has 0 bridgehead atoms. The van der Waals surface area contributed by atoms with Gasteiger partial charge in [0.05, 0.1) is 20.6 Å². The number of benzene rings is 1. The average Bonchev–Trinajstić information content (AvgIpc) is 2.75. The van der Waals surface area contributed by atoms with Crippen LogP contribution in [-0.2, 0) is 0 Å². The maximum atomic E-state index is 13.0. The first-order valence-corrected chi connectivity index (χ1v) is 9.29. The van der Waals surface area contributed by atoms with Gasteiger partial charge >= 0.3 is 5.51 Å². The van der Waals surface area contributed by atoms with Crippen molar-refractivity contribution in [1.29, 1.82) is 0 Å². The summed E-state index contributed by atoms with van der Waals surface area (Å²) in [6, 6.07) is 2.95. The van der Waals surface area contributed by atoms with E-state index >= 15 is 0 Å². The molecular formula is C15H15Cl3F3N3S. The zero-order chi connectivity index (χ0) is 18.9. The Morgan fingerprint density at radius 3 is 2.08 bits per heavy atom. The fourth-order valence-corrected chi connectivity index (χ4v) is 4.13. The van der Waals surface area contributed by atoms with Crippen LogP contribution in [-0.4, -0.2) is 28.4 Å². The van der Waals surface area contributed by atoms with E-state index in [1.165, 1.54) is 23.7 Å². The smallest absolute Gasteiger partial charge is 0.356 e. The van der Waals surface area contributed by atoms with E-state index in [1.807, 2.05) is 13.8 Å². The van der Waals surface area contributed by atoms with Gasteiger partial charge in [-0.1, -0.05) is 34.8 Å². The summed E-state index contributed by atoms with van der Waals surface area (Å²) in [5.74, 6) is 0.302. The summed E-state index contributed by atoms with van der Waals surface area (Å²) in [6.45, 7) is 6.22. The molecule has 3 nitrogen and oxygen atoms in total. The normalized spacial score (nSPS) is 11.9. The van der Waals surface area contributed by atoms with E-state index < -0.39 is 5.51 Å². The van der Waals surface area contributed by atoms with Crippen LogP contribution in [0.5, 0.6) is 0 Å². The minimum atomic E-state index is -4.44. The summed E-state index contributed by atoms with van der Waals surface area (Å²) in [6.07, 6.45) is 0. The Balaban J connectivity index is 2.77. The predicted octanol–water partition coefficient (Wildman–Crippen LogP) is 6.60. The largest absolute Gasteiger partial charge is 0.446 e. The van der Waals surface area contributed by atoms with E-state index in [0.29, 0.717) is 29.6 Å². The molecule has 2 rings (SSSR count). The van der Waals surface area contributed by atoms with Gasteiger partial charge in [0.15, 0.2) is 0 Å². The second kappa shape index (κ2) is 7.86. The topological polar surface area (TPSA) is 21.1 Å². The van der Waals surface area contributed by atoms with Crippen molar-refractivity contribution in [2.45, 2.75) is 31.2 Å². The molecule has 0 amide bonds. The molecule has 0 aliphatic carbocycles. The molecule has 10 heteroatoms. The third-order valence-electron chi connectivity index (χ3n) is 3.46. The highest BCUT2D eigenvalue weighted by atomic mass is 35.5. The van der Waals surface area contributed by atoms with Crippen LogP contribution in [0, 0.1) is 6.92 Å². The molecular weight excluding hydrogens is 418 g/mol. The van der Waals surface area contributed by atoms with E-state index in [2.05, 4.69) is 5.10 Å². The molecule has 1 aromatic heterocycles. The van der Waals surface area contributed by atoms with Gasteiger partial charge in [-0.05, 0) is 44.7 Å². The molecule has 0 fully saturated rings. The van der Waals surface area contributed by atoms with E-state index in [-0.39, 0.29) is 32.4 Å². The van der Waals surface area contributed by atoms with E-state index in [1.54, 1.807) is 4.90 Å². The second-order valence-corrected chi connectivity index (χ2v) is 7.41. The minimum absolute atomic E-state index is 0.0262. The highest BCUT2D eigenvalue weighted by molar-refractivity contribution is 8.00. The van der Waals surface area contributed by atoms with Crippen LogP contribution in [0.4, 0.5) is 19.0 Å². The van der Waals surface area contributed by atoms with Crippen LogP contribution in [0.2, 0.25) is 15.1 Å². The standard InChI is InChI=1S/C15H15Cl3F3N3S/c1-4-23(5-2)14-13(25-15(19,20)21)8(3)22-24(14)12-10(17)6-9(16)7-11(12)18/h6-7H,4-5H2,1-3H3. The van der Waals surface area contributed by atoms with Gasteiger partial charge < -0.3 is 4.90 Å². The van der Waals surface area contributed by atoms with Crippen molar-refractivity contribution in [2.24, 2.45) is 0 Å². The molecule has 2 aromatic rings.